The fourth-order valence-electron chi connectivity index (χ4n) is 3.04. The van der Waals surface area contributed by atoms with Crippen LogP contribution in [-0.4, -0.2) is 59.1 Å². The lowest BCUT2D eigenvalue weighted by Crippen LogP contribution is -2.50. The summed E-state index contributed by atoms with van der Waals surface area (Å²) in [4.78, 5) is 16.6. The Morgan fingerprint density at radius 3 is 2.37 bits per heavy atom. The summed E-state index contributed by atoms with van der Waals surface area (Å²) >= 11 is 0. The van der Waals surface area contributed by atoms with Crippen molar-refractivity contribution in [3.05, 3.63) is 0 Å². The second-order valence-corrected chi connectivity index (χ2v) is 5.78. The molecule has 0 aromatic rings. The molecule has 1 rings (SSSR count). The number of carbonyl (C=O) groups excluding carboxylic acids is 1. The van der Waals surface area contributed by atoms with Crippen LogP contribution in [0.2, 0.25) is 0 Å². The van der Waals surface area contributed by atoms with E-state index < -0.39 is 0 Å². The largest absolute Gasteiger partial charge is 0.395 e. The molecule has 1 amide bonds. The zero-order chi connectivity index (χ0) is 14.3. The highest BCUT2D eigenvalue weighted by molar-refractivity contribution is 5.79. The molecule has 0 spiro atoms. The first-order valence-electron chi connectivity index (χ1n) is 7.74. The van der Waals surface area contributed by atoms with Crippen LogP contribution in [0.3, 0.4) is 0 Å². The fourth-order valence-corrected chi connectivity index (χ4v) is 3.04. The molecule has 0 aromatic carbocycles. The molecule has 1 fully saturated rings. The summed E-state index contributed by atoms with van der Waals surface area (Å²) in [6.45, 7) is 8.19. The van der Waals surface area contributed by atoms with E-state index in [4.69, 9.17) is 5.11 Å². The number of likely N-dealkylation sites (N-methyl/N-ethyl adjacent to an activating group) is 1. The molecule has 1 aliphatic rings. The minimum Gasteiger partial charge on any atom is -0.395 e. The Kier molecular flexibility index (Phi) is 7.39. The van der Waals surface area contributed by atoms with E-state index in [9.17, 15) is 4.79 Å². The van der Waals surface area contributed by atoms with Gasteiger partial charge in [0.15, 0.2) is 0 Å². The lowest BCUT2D eigenvalue weighted by atomic mass is 9.93. The number of nitrogens with zero attached hydrogens (tertiary/aromatic N) is 2. The number of rotatable bonds is 7. The van der Waals surface area contributed by atoms with Gasteiger partial charge in [0.25, 0.3) is 0 Å². The van der Waals surface area contributed by atoms with Crippen LogP contribution in [-0.2, 0) is 4.79 Å². The summed E-state index contributed by atoms with van der Waals surface area (Å²) < 4.78 is 0. The highest BCUT2D eigenvalue weighted by atomic mass is 16.3. The molecular formula is C15H30N2O2. The SMILES string of the molecule is CCN(CCO)CC(=O)N(C(C)C)C1CCCCC1. The summed E-state index contributed by atoms with van der Waals surface area (Å²) in [6, 6.07) is 0.692. The van der Waals surface area contributed by atoms with Crippen LogP contribution in [0.4, 0.5) is 0 Å². The van der Waals surface area contributed by atoms with Gasteiger partial charge in [-0.1, -0.05) is 26.2 Å². The first kappa shape index (κ1) is 16.4. The van der Waals surface area contributed by atoms with Crippen LogP contribution in [0.15, 0.2) is 0 Å². The molecule has 4 heteroatoms. The predicted octanol–water partition coefficient (Wildman–Crippen LogP) is 1.87. The zero-order valence-electron chi connectivity index (χ0n) is 12.8. The molecule has 112 valence electrons. The highest BCUT2D eigenvalue weighted by Gasteiger charge is 2.28. The second kappa shape index (κ2) is 8.54. The van der Waals surface area contributed by atoms with Crippen molar-refractivity contribution in [3.63, 3.8) is 0 Å². The number of aliphatic hydroxyl groups excluding tert-OH is 1. The number of hydrogen-bond donors (Lipinski definition) is 1. The van der Waals surface area contributed by atoms with Crippen molar-refractivity contribution in [1.29, 1.82) is 0 Å². The maximum atomic E-state index is 12.5. The molecule has 19 heavy (non-hydrogen) atoms. The maximum absolute atomic E-state index is 12.5. The highest BCUT2D eigenvalue weighted by Crippen LogP contribution is 2.24. The van der Waals surface area contributed by atoms with Crippen LogP contribution in [0.5, 0.6) is 0 Å². The molecule has 4 nitrogen and oxygen atoms in total. The molecule has 0 radical (unpaired) electrons. The lowest BCUT2D eigenvalue weighted by molar-refractivity contribution is -0.137. The van der Waals surface area contributed by atoms with Gasteiger partial charge >= 0.3 is 0 Å². The Balaban J connectivity index is 2.61. The van der Waals surface area contributed by atoms with Crippen molar-refractivity contribution < 1.29 is 9.90 Å². The van der Waals surface area contributed by atoms with Crippen molar-refractivity contribution in [1.82, 2.24) is 9.80 Å². The Morgan fingerprint density at radius 2 is 1.89 bits per heavy atom. The van der Waals surface area contributed by atoms with Crippen molar-refractivity contribution in [2.45, 2.75) is 65.0 Å². The molecule has 0 bridgehead atoms. The summed E-state index contributed by atoms with van der Waals surface area (Å²) in [5, 5.41) is 9.01. The van der Waals surface area contributed by atoms with Gasteiger partial charge in [-0.3, -0.25) is 9.69 Å². The van der Waals surface area contributed by atoms with Crippen molar-refractivity contribution in [2.24, 2.45) is 0 Å². The summed E-state index contributed by atoms with van der Waals surface area (Å²) in [5.74, 6) is 0.220. The smallest absolute Gasteiger partial charge is 0.237 e. The van der Waals surface area contributed by atoms with E-state index in [2.05, 4.69) is 18.7 Å². The van der Waals surface area contributed by atoms with Crippen molar-refractivity contribution >= 4 is 5.91 Å². The standard InChI is InChI=1S/C15H30N2O2/c1-4-16(10-11-18)12-15(19)17(13(2)3)14-8-6-5-7-9-14/h13-14,18H,4-12H2,1-3H3. The minimum atomic E-state index is 0.117. The Bertz CT molecular complexity index is 263. The molecule has 0 aromatic heterocycles. The van der Waals surface area contributed by atoms with Gasteiger partial charge in [-0.2, -0.15) is 0 Å². The van der Waals surface area contributed by atoms with Gasteiger partial charge in [-0.05, 0) is 33.2 Å². The first-order valence-corrected chi connectivity index (χ1v) is 7.74. The quantitative estimate of drug-likeness (QED) is 0.768. The maximum Gasteiger partial charge on any atom is 0.237 e. The van der Waals surface area contributed by atoms with Gasteiger partial charge in [-0.25, -0.2) is 0 Å². The normalized spacial score (nSPS) is 17.2. The average molecular weight is 270 g/mol. The van der Waals surface area contributed by atoms with E-state index >= 15 is 0 Å². The fraction of sp³-hybridized carbons (Fsp3) is 0.933. The third kappa shape index (κ3) is 5.11. The molecule has 0 saturated heterocycles. The zero-order valence-corrected chi connectivity index (χ0v) is 12.8. The van der Waals surface area contributed by atoms with E-state index in [1.807, 2.05) is 11.8 Å². The van der Waals surface area contributed by atoms with Gasteiger partial charge in [-0.15, -0.1) is 0 Å². The molecule has 0 aliphatic heterocycles. The van der Waals surface area contributed by atoms with Crippen LogP contribution in [0.1, 0.15) is 52.9 Å². The van der Waals surface area contributed by atoms with E-state index in [1.54, 1.807) is 0 Å². The van der Waals surface area contributed by atoms with E-state index in [1.165, 1.54) is 19.3 Å². The number of carbonyl (C=O) groups is 1. The minimum absolute atomic E-state index is 0.117. The average Bonchev–Trinajstić information content (AvgIpc) is 2.39. The van der Waals surface area contributed by atoms with Crippen LogP contribution < -0.4 is 0 Å². The van der Waals surface area contributed by atoms with Gasteiger partial charge in [0.05, 0.1) is 13.2 Å². The lowest BCUT2D eigenvalue weighted by Gasteiger charge is -2.38. The Labute approximate surface area is 117 Å². The molecule has 1 N–H and O–H groups in total. The third-order valence-electron chi connectivity index (χ3n) is 4.03. The van der Waals surface area contributed by atoms with E-state index in [0.29, 0.717) is 19.1 Å². The predicted molar refractivity (Wildman–Crippen MR) is 78.1 cm³/mol. The molecule has 0 heterocycles. The van der Waals surface area contributed by atoms with Crippen LogP contribution in [0, 0.1) is 0 Å². The van der Waals surface area contributed by atoms with Crippen LogP contribution in [0.25, 0.3) is 0 Å². The van der Waals surface area contributed by atoms with E-state index in [-0.39, 0.29) is 18.6 Å². The molecule has 1 saturated carbocycles. The number of amides is 1. The van der Waals surface area contributed by atoms with Crippen molar-refractivity contribution in [3.8, 4) is 0 Å². The Morgan fingerprint density at radius 1 is 1.26 bits per heavy atom. The molecule has 0 unspecified atom stereocenters. The number of aliphatic hydroxyl groups is 1. The topological polar surface area (TPSA) is 43.8 Å². The summed E-state index contributed by atoms with van der Waals surface area (Å²) in [6.07, 6.45) is 6.10. The second-order valence-electron chi connectivity index (χ2n) is 5.78. The summed E-state index contributed by atoms with van der Waals surface area (Å²) in [7, 11) is 0. The van der Waals surface area contributed by atoms with Gasteiger partial charge in [0.1, 0.15) is 0 Å². The molecule has 1 aliphatic carbocycles. The van der Waals surface area contributed by atoms with E-state index in [0.717, 1.165) is 19.4 Å². The molecular weight excluding hydrogens is 240 g/mol. The van der Waals surface area contributed by atoms with Gasteiger partial charge in [0.2, 0.25) is 5.91 Å². The van der Waals surface area contributed by atoms with Crippen LogP contribution >= 0.6 is 0 Å². The van der Waals surface area contributed by atoms with Gasteiger partial charge in [0, 0.05) is 18.6 Å². The monoisotopic (exact) mass is 270 g/mol. The number of hydrogen-bond acceptors (Lipinski definition) is 3. The first-order chi connectivity index (χ1) is 9.10. The van der Waals surface area contributed by atoms with Crippen molar-refractivity contribution in [2.75, 3.05) is 26.2 Å². The third-order valence-corrected chi connectivity index (χ3v) is 4.03. The van der Waals surface area contributed by atoms with Gasteiger partial charge < -0.3 is 10.0 Å². The molecule has 0 atom stereocenters. The Hall–Kier alpha value is -0.610. The summed E-state index contributed by atoms with van der Waals surface area (Å²) in [5.41, 5.74) is 0.